The monoisotopic (exact) mass is 410 g/mol. The first-order chi connectivity index (χ1) is 13.0. The fourth-order valence-electron chi connectivity index (χ4n) is 4.37. The van der Waals surface area contributed by atoms with Gasteiger partial charge in [0.1, 0.15) is 0 Å². The van der Waals surface area contributed by atoms with E-state index in [1.165, 1.54) is 5.56 Å². The van der Waals surface area contributed by atoms with Gasteiger partial charge in [0.05, 0.1) is 18.6 Å². The first kappa shape index (κ1) is 23.1. The number of carbonyl (C=O) groups excluding carboxylic acids is 1. The normalized spacial score (nSPS) is 21.0. The van der Waals surface area contributed by atoms with E-state index in [0.29, 0.717) is 31.7 Å². The zero-order valence-corrected chi connectivity index (χ0v) is 18.2. The van der Waals surface area contributed by atoms with Gasteiger partial charge in [0.15, 0.2) is 0 Å². The van der Waals surface area contributed by atoms with Crippen molar-refractivity contribution in [2.24, 2.45) is 5.92 Å². The molecule has 6 heteroatoms. The lowest BCUT2D eigenvalue weighted by Gasteiger charge is -2.39. The molecule has 28 heavy (non-hydrogen) atoms. The third-order valence-corrected chi connectivity index (χ3v) is 6.11. The highest BCUT2D eigenvalue weighted by Crippen LogP contribution is 2.35. The van der Waals surface area contributed by atoms with E-state index in [-0.39, 0.29) is 18.3 Å². The van der Waals surface area contributed by atoms with Crippen LogP contribution in [0.5, 0.6) is 0 Å². The molecule has 2 aliphatic heterocycles. The summed E-state index contributed by atoms with van der Waals surface area (Å²) in [6.07, 6.45) is 1.48. The molecule has 1 amide bonds. The Hall–Kier alpha value is -1.14. The number of aryl methyl sites for hydroxylation is 1. The van der Waals surface area contributed by atoms with Crippen LogP contribution in [0.1, 0.15) is 37.8 Å². The number of amides is 1. The minimum Gasteiger partial charge on any atom is -0.381 e. The molecule has 0 spiro atoms. The predicted molar refractivity (Wildman–Crippen MR) is 114 cm³/mol. The van der Waals surface area contributed by atoms with Crippen LogP contribution in [0.2, 0.25) is 0 Å². The van der Waals surface area contributed by atoms with Gasteiger partial charge in [-0.25, -0.2) is 0 Å². The molecule has 2 saturated heterocycles. The number of nitrogens with one attached hydrogen (secondary N) is 1. The Labute approximate surface area is 175 Å². The van der Waals surface area contributed by atoms with Gasteiger partial charge in [-0.1, -0.05) is 43.7 Å². The molecule has 2 heterocycles. The van der Waals surface area contributed by atoms with Gasteiger partial charge in [0, 0.05) is 38.9 Å². The van der Waals surface area contributed by atoms with Crippen LogP contribution >= 0.6 is 12.4 Å². The number of benzene rings is 1. The maximum absolute atomic E-state index is 13.4. The number of hydrogen-bond acceptors (Lipinski definition) is 4. The lowest BCUT2D eigenvalue weighted by atomic mass is 9.73. The van der Waals surface area contributed by atoms with Crippen LogP contribution in [0.4, 0.5) is 0 Å². The molecule has 1 aromatic carbocycles. The van der Waals surface area contributed by atoms with Crippen LogP contribution in [-0.4, -0.2) is 62.9 Å². The summed E-state index contributed by atoms with van der Waals surface area (Å²) in [6.45, 7) is 12.0. The quantitative estimate of drug-likeness (QED) is 0.783. The van der Waals surface area contributed by atoms with Gasteiger partial charge in [-0.15, -0.1) is 12.4 Å². The first-order valence-electron chi connectivity index (χ1n) is 10.3. The maximum atomic E-state index is 13.4. The Morgan fingerprint density at radius 1 is 1.14 bits per heavy atom. The van der Waals surface area contributed by atoms with Gasteiger partial charge in [-0.05, 0) is 31.2 Å². The smallest absolute Gasteiger partial charge is 0.230 e. The third kappa shape index (κ3) is 5.26. The average molecular weight is 411 g/mol. The van der Waals surface area contributed by atoms with Crippen molar-refractivity contribution in [3.8, 4) is 0 Å². The average Bonchev–Trinajstić information content (AvgIpc) is 2.69. The van der Waals surface area contributed by atoms with Crippen molar-refractivity contribution in [1.29, 1.82) is 0 Å². The highest BCUT2D eigenvalue weighted by molar-refractivity contribution is 5.88. The summed E-state index contributed by atoms with van der Waals surface area (Å²) >= 11 is 0. The van der Waals surface area contributed by atoms with Gasteiger partial charge in [0.25, 0.3) is 0 Å². The lowest BCUT2D eigenvalue weighted by molar-refractivity contribution is -0.131. The molecule has 0 radical (unpaired) electrons. The van der Waals surface area contributed by atoms with Gasteiger partial charge in [-0.2, -0.15) is 0 Å². The lowest BCUT2D eigenvalue weighted by Crippen LogP contribution is -2.54. The number of morpholine rings is 1. The van der Waals surface area contributed by atoms with Gasteiger partial charge in [0.2, 0.25) is 5.91 Å². The number of nitrogens with zero attached hydrogens (tertiary/aromatic N) is 1. The van der Waals surface area contributed by atoms with Crippen LogP contribution < -0.4 is 5.32 Å². The largest absolute Gasteiger partial charge is 0.381 e. The van der Waals surface area contributed by atoms with E-state index in [0.717, 1.165) is 44.7 Å². The molecule has 1 unspecified atom stereocenters. The molecule has 2 aliphatic rings. The van der Waals surface area contributed by atoms with Crippen LogP contribution in [0.3, 0.4) is 0 Å². The zero-order chi connectivity index (χ0) is 19.3. The standard InChI is InChI=1S/C22H34N2O3.ClH/c1-17(2)20(24-9-13-27-14-10-24)16-23-21(25)22(7-11-26-12-8-22)19-6-4-5-18(3)15-19;/h4-6,15,17,20H,7-14,16H2,1-3H3,(H,23,25);1H. The first-order valence-corrected chi connectivity index (χ1v) is 10.3. The minimum atomic E-state index is -0.475. The van der Waals surface area contributed by atoms with Crippen molar-refractivity contribution in [3.63, 3.8) is 0 Å². The number of hydrogen-bond donors (Lipinski definition) is 1. The molecule has 1 N–H and O–H groups in total. The Balaban J connectivity index is 0.00000280. The molecule has 0 saturated carbocycles. The molecule has 0 aliphatic carbocycles. The molecule has 2 fully saturated rings. The molecule has 158 valence electrons. The highest BCUT2D eigenvalue weighted by atomic mass is 35.5. The third-order valence-electron chi connectivity index (χ3n) is 6.11. The van der Waals surface area contributed by atoms with Crippen LogP contribution in [0, 0.1) is 12.8 Å². The minimum absolute atomic E-state index is 0. The summed E-state index contributed by atoms with van der Waals surface area (Å²) in [5, 5.41) is 3.31. The summed E-state index contributed by atoms with van der Waals surface area (Å²) in [6, 6.07) is 8.74. The zero-order valence-electron chi connectivity index (χ0n) is 17.4. The second-order valence-electron chi connectivity index (χ2n) is 8.23. The summed E-state index contributed by atoms with van der Waals surface area (Å²) in [7, 11) is 0. The molecule has 1 atom stereocenters. The predicted octanol–water partition coefficient (Wildman–Crippen LogP) is 2.94. The second-order valence-corrected chi connectivity index (χ2v) is 8.23. The number of ether oxygens (including phenoxy) is 2. The highest BCUT2D eigenvalue weighted by Gasteiger charge is 2.42. The SMILES string of the molecule is Cc1cccc(C2(C(=O)NCC(C(C)C)N3CCOCC3)CCOCC2)c1.Cl. The van der Waals surface area contributed by atoms with Crippen molar-refractivity contribution in [2.45, 2.75) is 45.1 Å². The van der Waals surface area contributed by atoms with Crippen molar-refractivity contribution in [3.05, 3.63) is 35.4 Å². The number of carbonyl (C=O) groups is 1. The fraction of sp³-hybridized carbons (Fsp3) is 0.682. The van der Waals surface area contributed by atoms with E-state index in [9.17, 15) is 4.79 Å². The van der Waals surface area contributed by atoms with Gasteiger partial charge >= 0.3 is 0 Å². The topological polar surface area (TPSA) is 50.8 Å². The summed E-state index contributed by atoms with van der Waals surface area (Å²) in [4.78, 5) is 15.9. The number of rotatable bonds is 6. The molecular weight excluding hydrogens is 376 g/mol. The molecular formula is C22H35ClN2O3. The summed E-state index contributed by atoms with van der Waals surface area (Å²) in [5.74, 6) is 0.628. The summed E-state index contributed by atoms with van der Waals surface area (Å²) in [5.41, 5.74) is 1.84. The van der Waals surface area contributed by atoms with E-state index < -0.39 is 5.41 Å². The van der Waals surface area contributed by atoms with Crippen molar-refractivity contribution < 1.29 is 14.3 Å². The second kappa shape index (κ2) is 10.6. The van der Waals surface area contributed by atoms with Gasteiger partial charge < -0.3 is 14.8 Å². The summed E-state index contributed by atoms with van der Waals surface area (Å²) < 4.78 is 11.1. The van der Waals surface area contributed by atoms with Crippen LogP contribution in [0.25, 0.3) is 0 Å². The van der Waals surface area contributed by atoms with E-state index >= 15 is 0 Å². The Morgan fingerprint density at radius 2 is 1.79 bits per heavy atom. The van der Waals surface area contributed by atoms with E-state index in [1.807, 2.05) is 0 Å². The van der Waals surface area contributed by atoms with E-state index in [1.54, 1.807) is 0 Å². The van der Waals surface area contributed by atoms with Crippen LogP contribution in [-0.2, 0) is 19.7 Å². The molecule has 1 aromatic rings. The fourth-order valence-corrected chi connectivity index (χ4v) is 4.37. The maximum Gasteiger partial charge on any atom is 0.230 e. The Bertz CT molecular complexity index is 626. The Morgan fingerprint density at radius 3 is 2.39 bits per heavy atom. The molecule has 3 rings (SSSR count). The number of halogens is 1. The van der Waals surface area contributed by atoms with Crippen molar-refractivity contribution in [2.75, 3.05) is 46.1 Å². The van der Waals surface area contributed by atoms with E-state index in [4.69, 9.17) is 9.47 Å². The molecule has 5 nitrogen and oxygen atoms in total. The molecule has 0 aromatic heterocycles. The van der Waals surface area contributed by atoms with Crippen molar-refractivity contribution >= 4 is 18.3 Å². The van der Waals surface area contributed by atoms with Crippen LogP contribution in [0.15, 0.2) is 24.3 Å². The molecule has 0 bridgehead atoms. The van der Waals surface area contributed by atoms with Gasteiger partial charge in [-0.3, -0.25) is 9.69 Å². The Kier molecular flexibility index (Phi) is 8.75. The van der Waals surface area contributed by atoms with Crippen molar-refractivity contribution in [1.82, 2.24) is 10.2 Å². The van der Waals surface area contributed by atoms with E-state index in [2.05, 4.69) is 55.3 Å².